The van der Waals surface area contributed by atoms with Crippen LogP contribution in [0.3, 0.4) is 0 Å². The molecule has 0 atom stereocenters. The second-order valence-corrected chi connectivity index (χ2v) is 4.98. The van der Waals surface area contributed by atoms with Gasteiger partial charge in [0.25, 0.3) is 5.91 Å². The van der Waals surface area contributed by atoms with E-state index in [1.165, 1.54) is 6.26 Å². The van der Waals surface area contributed by atoms with E-state index in [0.29, 0.717) is 28.5 Å². The van der Waals surface area contributed by atoms with Gasteiger partial charge in [0.1, 0.15) is 18.1 Å². The summed E-state index contributed by atoms with van der Waals surface area (Å²) in [6.07, 6.45) is 1.41. The zero-order chi connectivity index (χ0) is 16.9. The number of nitriles is 1. The highest BCUT2D eigenvalue weighted by molar-refractivity contribution is 6.02. The molecule has 7 nitrogen and oxygen atoms in total. The van der Waals surface area contributed by atoms with Crippen LogP contribution in [0.4, 0.5) is 5.82 Å². The molecular weight excluding hydrogens is 310 g/mol. The molecule has 0 aliphatic rings. The number of ether oxygens (including phenoxy) is 1. The van der Waals surface area contributed by atoms with Gasteiger partial charge in [0, 0.05) is 11.6 Å². The Hall–Kier alpha value is -3.53. The SMILES string of the molecule is Cc1cc(NC(=O)c2occc2COc2cccc(C#N)c2)no1. The number of amides is 1. The summed E-state index contributed by atoms with van der Waals surface area (Å²) in [5.41, 5.74) is 1.08. The van der Waals surface area contributed by atoms with Crippen LogP contribution in [-0.4, -0.2) is 11.1 Å². The van der Waals surface area contributed by atoms with Crippen molar-refractivity contribution in [3.8, 4) is 11.8 Å². The first-order chi connectivity index (χ1) is 11.7. The summed E-state index contributed by atoms with van der Waals surface area (Å²) < 4.78 is 15.7. The maximum atomic E-state index is 12.2. The van der Waals surface area contributed by atoms with Gasteiger partial charge in [-0.25, -0.2) is 0 Å². The lowest BCUT2D eigenvalue weighted by atomic mass is 10.2. The van der Waals surface area contributed by atoms with Crippen molar-refractivity contribution >= 4 is 11.7 Å². The van der Waals surface area contributed by atoms with E-state index in [2.05, 4.69) is 10.5 Å². The fraction of sp³-hybridized carbons (Fsp3) is 0.118. The largest absolute Gasteiger partial charge is 0.489 e. The second kappa shape index (κ2) is 6.71. The summed E-state index contributed by atoms with van der Waals surface area (Å²) in [7, 11) is 0. The molecule has 2 aromatic heterocycles. The van der Waals surface area contributed by atoms with E-state index in [1.807, 2.05) is 6.07 Å². The van der Waals surface area contributed by atoms with Gasteiger partial charge in [0.2, 0.25) is 0 Å². The number of carbonyl (C=O) groups excluding carboxylic acids is 1. The van der Waals surface area contributed by atoms with Crippen LogP contribution in [0.25, 0.3) is 0 Å². The van der Waals surface area contributed by atoms with Crippen LogP contribution in [0.2, 0.25) is 0 Å². The van der Waals surface area contributed by atoms with Crippen molar-refractivity contribution in [2.45, 2.75) is 13.5 Å². The van der Waals surface area contributed by atoms with Crippen molar-refractivity contribution < 1.29 is 18.5 Å². The Bertz CT molecular complexity index is 904. The Labute approximate surface area is 137 Å². The number of benzene rings is 1. The molecule has 7 heteroatoms. The van der Waals surface area contributed by atoms with Gasteiger partial charge in [-0.05, 0) is 31.2 Å². The first-order valence-electron chi connectivity index (χ1n) is 7.09. The maximum absolute atomic E-state index is 12.2. The summed E-state index contributed by atoms with van der Waals surface area (Å²) >= 11 is 0. The molecule has 0 unspecified atom stereocenters. The molecule has 1 amide bonds. The minimum absolute atomic E-state index is 0.131. The zero-order valence-electron chi connectivity index (χ0n) is 12.8. The summed E-state index contributed by atoms with van der Waals surface area (Å²) in [6, 6.07) is 12.1. The van der Waals surface area contributed by atoms with Gasteiger partial charge in [-0.2, -0.15) is 5.26 Å². The number of hydrogen-bond acceptors (Lipinski definition) is 6. The van der Waals surface area contributed by atoms with Crippen molar-refractivity contribution in [3.63, 3.8) is 0 Å². The first kappa shape index (κ1) is 15.4. The van der Waals surface area contributed by atoms with Gasteiger partial charge in [-0.1, -0.05) is 11.2 Å². The number of hydrogen-bond donors (Lipinski definition) is 1. The highest BCUT2D eigenvalue weighted by Gasteiger charge is 2.17. The Kier molecular flexibility index (Phi) is 4.29. The number of rotatable bonds is 5. The standard InChI is InChI=1S/C17H13N3O4/c1-11-7-15(20-24-11)19-17(21)16-13(5-6-22-16)10-23-14-4-2-3-12(8-14)9-18/h2-8H,10H2,1H3,(H,19,20,21). The molecule has 0 fully saturated rings. The summed E-state index contributed by atoms with van der Waals surface area (Å²) in [6.45, 7) is 1.86. The van der Waals surface area contributed by atoms with Gasteiger partial charge >= 0.3 is 0 Å². The van der Waals surface area contributed by atoms with Crippen LogP contribution in [-0.2, 0) is 6.61 Å². The molecule has 3 aromatic rings. The summed E-state index contributed by atoms with van der Waals surface area (Å²) in [5.74, 6) is 1.12. The molecule has 0 aliphatic carbocycles. The highest BCUT2D eigenvalue weighted by Crippen LogP contribution is 2.18. The van der Waals surface area contributed by atoms with Crippen molar-refractivity contribution in [1.29, 1.82) is 5.26 Å². The molecule has 0 aliphatic heterocycles. The lowest BCUT2D eigenvalue weighted by Crippen LogP contribution is -2.13. The molecule has 3 rings (SSSR count). The average Bonchev–Trinajstić information content (AvgIpc) is 3.22. The number of carbonyl (C=O) groups is 1. The minimum Gasteiger partial charge on any atom is -0.489 e. The molecule has 0 bridgehead atoms. The van der Waals surface area contributed by atoms with E-state index in [9.17, 15) is 4.79 Å². The van der Waals surface area contributed by atoms with Crippen LogP contribution >= 0.6 is 0 Å². The van der Waals surface area contributed by atoms with E-state index in [1.54, 1.807) is 43.3 Å². The van der Waals surface area contributed by atoms with Gasteiger partial charge in [0.15, 0.2) is 11.6 Å². The van der Waals surface area contributed by atoms with Crippen molar-refractivity contribution in [1.82, 2.24) is 5.16 Å². The van der Waals surface area contributed by atoms with E-state index in [4.69, 9.17) is 18.9 Å². The summed E-state index contributed by atoms with van der Waals surface area (Å²) in [4.78, 5) is 12.2. The molecular formula is C17H13N3O4. The molecule has 24 heavy (non-hydrogen) atoms. The van der Waals surface area contributed by atoms with Crippen LogP contribution in [0.15, 0.2) is 51.6 Å². The van der Waals surface area contributed by atoms with Crippen molar-refractivity contribution in [2.75, 3.05) is 5.32 Å². The average molecular weight is 323 g/mol. The van der Waals surface area contributed by atoms with Crippen molar-refractivity contribution in [2.24, 2.45) is 0 Å². The van der Waals surface area contributed by atoms with Crippen molar-refractivity contribution in [3.05, 3.63) is 65.3 Å². The number of aromatic nitrogens is 1. The fourth-order valence-electron chi connectivity index (χ4n) is 2.06. The number of nitrogens with zero attached hydrogens (tertiary/aromatic N) is 2. The second-order valence-electron chi connectivity index (χ2n) is 4.98. The topological polar surface area (TPSA) is 101 Å². The molecule has 0 radical (unpaired) electrons. The zero-order valence-corrected chi connectivity index (χ0v) is 12.8. The summed E-state index contributed by atoms with van der Waals surface area (Å²) in [5, 5.41) is 15.2. The normalized spacial score (nSPS) is 10.2. The number of anilines is 1. The molecule has 1 aromatic carbocycles. The molecule has 0 saturated heterocycles. The lowest BCUT2D eigenvalue weighted by molar-refractivity contribution is 0.0992. The third-order valence-electron chi connectivity index (χ3n) is 3.18. The molecule has 0 spiro atoms. The Balaban J connectivity index is 1.68. The van der Waals surface area contributed by atoms with E-state index in [0.717, 1.165) is 0 Å². The van der Waals surface area contributed by atoms with Crippen LogP contribution in [0.1, 0.15) is 27.4 Å². The molecule has 120 valence electrons. The van der Waals surface area contributed by atoms with Gasteiger partial charge in [-0.3, -0.25) is 4.79 Å². The van der Waals surface area contributed by atoms with E-state index >= 15 is 0 Å². The van der Waals surface area contributed by atoms with E-state index in [-0.39, 0.29) is 12.4 Å². The monoisotopic (exact) mass is 323 g/mol. The predicted octanol–water partition coefficient (Wildman–Crippen LogP) is 3.28. The smallest absolute Gasteiger partial charge is 0.293 e. The van der Waals surface area contributed by atoms with Crippen LogP contribution in [0, 0.1) is 18.3 Å². The van der Waals surface area contributed by atoms with Gasteiger partial charge < -0.3 is 19.0 Å². The maximum Gasteiger partial charge on any atom is 0.293 e. The van der Waals surface area contributed by atoms with Crippen LogP contribution < -0.4 is 10.1 Å². The third kappa shape index (κ3) is 3.44. The Morgan fingerprint density at radius 2 is 2.25 bits per heavy atom. The number of aryl methyl sites for hydroxylation is 1. The van der Waals surface area contributed by atoms with Crippen LogP contribution in [0.5, 0.6) is 5.75 Å². The Morgan fingerprint density at radius 1 is 1.38 bits per heavy atom. The first-order valence-corrected chi connectivity index (χ1v) is 7.09. The Morgan fingerprint density at radius 3 is 3.00 bits per heavy atom. The minimum atomic E-state index is -0.447. The molecule has 1 N–H and O–H groups in total. The predicted molar refractivity (Wildman–Crippen MR) is 83.4 cm³/mol. The fourth-order valence-corrected chi connectivity index (χ4v) is 2.06. The molecule has 0 saturated carbocycles. The quantitative estimate of drug-likeness (QED) is 0.773. The highest BCUT2D eigenvalue weighted by atomic mass is 16.5. The third-order valence-corrected chi connectivity index (χ3v) is 3.18. The van der Waals surface area contributed by atoms with E-state index < -0.39 is 5.91 Å². The lowest BCUT2D eigenvalue weighted by Gasteiger charge is -2.06. The van der Waals surface area contributed by atoms with Gasteiger partial charge in [-0.15, -0.1) is 0 Å². The molecule has 2 heterocycles. The number of furan rings is 1. The number of nitrogens with one attached hydrogen (secondary N) is 1. The van der Waals surface area contributed by atoms with Gasteiger partial charge in [0.05, 0.1) is 17.9 Å².